The topological polar surface area (TPSA) is 149 Å². The second-order valence-corrected chi connectivity index (χ2v) is 6.92. The van der Waals surface area contributed by atoms with Crippen LogP contribution in [0, 0.1) is 11.3 Å². The van der Waals surface area contributed by atoms with E-state index in [-0.39, 0.29) is 11.1 Å². The van der Waals surface area contributed by atoms with E-state index in [4.69, 9.17) is 5.11 Å². The number of carboxylic acids is 4. The Morgan fingerprint density at radius 2 is 1.59 bits per heavy atom. The molecule has 0 saturated carbocycles. The van der Waals surface area contributed by atoms with Crippen molar-refractivity contribution in [2.75, 3.05) is 0 Å². The van der Waals surface area contributed by atoms with Crippen LogP contribution in [0.1, 0.15) is 15.9 Å². The zero-order valence-electron chi connectivity index (χ0n) is 14.0. The van der Waals surface area contributed by atoms with E-state index in [1.54, 1.807) is 0 Å². The molecule has 1 aliphatic carbocycles. The van der Waals surface area contributed by atoms with Crippen LogP contribution in [0.5, 0.6) is 0 Å². The molecule has 0 aliphatic heterocycles. The Balaban J connectivity index is 2.74. The minimum atomic E-state index is -4.83. The lowest BCUT2D eigenvalue weighted by atomic mass is 9.70. The third kappa shape index (κ3) is 4.26. The molecule has 0 fully saturated rings. The van der Waals surface area contributed by atoms with Crippen LogP contribution in [0.2, 0.25) is 0 Å². The summed E-state index contributed by atoms with van der Waals surface area (Å²) < 4.78 is 38.7. The fourth-order valence-electron chi connectivity index (χ4n) is 2.76. The van der Waals surface area contributed by atoms with E-state index in [0.29, 0.717) is 12.1 Å². The van der Waals surface area contributed by atoms with Crippen molar-refractivity contribution in [3.63, 3.8) is 0 Å². The zero-order valence-corrected chi connectivity index (χ0v) is 14.8. The number of aliphatic carboxylic acids is 3. The summed E-state index contributed by atoms with van der Waals surface area (Å²) in [4.78, 5) is 45.2. The first kappa shape index (κ1) is 22.0. The predicted octanol–water partition coefficient (Wildman–Crippen LogP) is 2.81. The number of aromatic carboxylic acids is 1. The molecule has 29 heavy (non-hydrogen) atoms. The van der Waals surface area contributed by atoms with E-state index in [1.165, 1.54) is 0 Å². The smallest absolute Gasteiger partial charge is 0.446 e. The minimum Gasteiger partial charge on any atom is -0.481 e. The molecule has 0 bridgehead atoms. The molecule has 0 heterocycles. The van der Waals surface area contributed by atoms with Crippen molar-refractivity contribution < 1.29 is 52.8 Å². The van der Waals surface area contributed by atoms with Gasteiger partial charge in [0.25, 0.3) is 0 Å². The van der Waals surface area contributed by atoms with Crippen molar-refractivity contribution in [2.45, 2.75) is 10.4 Å². The molecule has 0 amide bonds. The Morgan fingerprint density at radius 1 is 1.00 bits per heavy atom. The minimum absolute atomic E-state index is 0.302. The van der Waals surface area contributed by atoms with Gasteiger partial charge in [-0.3, -0.25) is 14.4 Å². The van der Waals surface area contributed by atoms with Gasteiger partial charge in [-0.25, -0.2) is 4.79 Å². The van der Waals surface area contributed by atoms with E-state index in [1.807, 2.05) is 0 Å². The van der Waals surface area contributed by atoms with Crippen molar-refractivity contribution in [2.24, 2.45) is 11.3 Å². The molecule has 1 atom stereocenters. The Bertz CT molecular complexity index is 950. The lowest BCUT2D eigenvalue weighted by Gasteiger charge is -2.30. The summed E-state index contributed by atoms with van der Waals surface area (Å²) in [6.07, 6.45) is 2.29. The zero-order chi connectivity index (χ0) is 22.1. The highest BCUT2D eigenvalue weighted by molar-refractivity contribution is 8.00. The number of alkyl halides is 3. The molecule has 154 valence electrons. The highest BCUT2D eigenvalue weighted by atomic mass is 32.2. The first-order valence-electron chi connectivity index (χ1n) is 7.53. The average molecular weight is 432 g/mol. The molecule has 0 saturated heterocycles. The number of allylic oxidation sites excluding steroid dienone is 2. The monoisotopic (exact) mass is 432 g/mol. The standard InChI is InChI=1S/C17H11F3O8S/c18-17(19,20)29-11-5-7(12(21)22)1-3-9(11)8-2-4-10(13(23)24)16(6-8,14(25)26)15(27)28/h1-6,10H,(H,21,22)(H,23,24)(H,25,26)(H,27,28). The number of thioether (sulfide) groups is 1. The molecule has 8 nitrogen and oxygen atoms in total. The van der Waals surface area contributed by atoms with E-state index in [0.717, 1.165) is 24.3 Å². The van der Waals surface area contributed by atoms with Gasteiger partial charge in [-0.1, -0.05) is 18.2 Å². The molecular formula is C17H11F3O8S. The number of rotatable bonds is 6. The van der Waals surface area contributed by atoms with Crippen LogP contribution in [-0.2, 0) is 14.4 Å². The maximum absolute atomic E-state index is 12.9. The van der Waals surface area contributed by atoms with E-state index in [2.05, 4.69) is 0 Å². The Labute approximate surface area is 164 Å². The van der Waals surface area contributed by atoms with Crippen LogP contribution >= 0.6 is 11.8 Å². The summed E-state index contributed by atoms with van der Waals surface area (Å²) in [5.74, 6) is -9.33. The van der Waals surface area contributed by atoms with Crippen LogP contribution in [0.3, 0.4) is 0 Å². The third-order valence-corrected chi connectivity index (χ3v) is 4.87. The summed E-state index contributed by atoms with van der Waals surface area (Å²) in [6, 6.07) is 2.62. The molecular weight excluding hydrogens is 421 g/mol. The van der Waals surface area contributed by atoms with E-state index < -0.39 is 62.9 Å². The number of carbonyl (C=O) groups is 4. The van der Waals surface area contributed by atoms with Gasteiger partial charge in [0.15, 0.2) is 5.41 Å². The SMILES string of the molecule is O=C(O)c1ccc(C2=CC(C(=O)O)(C(=O)O)C(C(=O)O)C=C2)c(SC(F)(F)F)c1. The number of hydrogen-bond acceptors (Lipinski definition) is 5. The normalized spacial score (nSPS) is 18.0. The Kier molecular flexibility index (Phi) is 5.79. The molecule has 4 N–H and O–H groups in total. The Morgan fingerprint density at radius 3 is 2.03 bits per heavy atom. The van der Waals surface area contributed by atoms with Gasteiger partial charge in [0.2, 0.25) is 0 Å². The van der Waals surface area contributed by atoms with Gasteiger partial charge in [0.1, 0.15) is 5.92 Å². The molecule has 2 rings (SSSR count). The fourth-order valence-corrected chi connectivity index (χ4v) is 3.49. The fraction of sp³-hybridized carbons (Fsp3) is 0.176. The van der Waals surface area contributed by atoms with Crippen molar-refractivity contribution in [3.8, 4) is 0 Å². The van der Waals surface area contributed by atoms with Crippen LogP contribution in [0.4, 0.5) is 13.2 Å². The van der Waals surface area contributed by atoms with Crippen molar-refractivity contribution in [1.29, 1.82) is 0 Å². The largest absolute Gasteiger partial charge is 0.481 e. The highest BCUT2D eigenvalue weighted by Gasteiger charge is 2.55. The summed E-state index contributed by atoms with van der Waals surface area (Å²) in [5, 5.41) is 37.1. The van der Waals surface area contributed by atoms with Crippen molar-refractivity contribution in [3.05, 3.63) is 47.6 Å². The first-order chi connectivity index (χ1) is 13.3. The maximum atomic E-state index is 12.9. The van der Waals surface area contributed by atoms with Gasteiger partial charge in [0, 0.05) is 4.90 Å². The van der Waals surface area contributed by atoms with Gasteiger partial charge in [-0.2, -0.15) is 13.2 Å². The third-order valence-electron chi connectivity index (χ3n) is 4.08. The highest BCUT2D eigenvalue weighted by Crippen LogP contribution is 2.45. The van der Waals surface area contributed by atoms with Crippen LogP contribution in [-0.4, -0.2) is 49.8 Å². The second kappa shape index (κ2) is 7.62. The molecule has 1 aliphatic rings. The number of carboxylic acid groups (broad SMARTS) is 4. The van der Waals surface area contributed by atoms with Crippen molar-refractivity contribution in [1.82, 2.24) is 0 Å². The summed E-state index contributed by atoms with van der Waals surface area (Å²) in [6.45, 7) is 0. The summed E-state index contributed by atoms with van der Waals surface area (Å²) in [7, 11) is 0. The van der Waals surface area contributed by atoms with E-state index in [9.17, 15) is 47.7 Å². The van der Waals surface area contributed by atoms with Crippen LogP contribution in [0.15, 0.2) is 41.3 Å². The quantitative estimate of drug-likeness (QED) is 0.393. The van der Waals surface area contributed by atoms with Crippen LogP contribution in [0.25, 0.3) is 5.57 Å². The van der Waals surface area contributed by atoms with Crippen molar-refractivity contribution >= 4 is 41.2 Å². The van der Waals surface area contributed by atoms with Gasteiger partial charge in [0.05, 0.1) is 5.56 Å². The maximum Gasteiger partial charge on any atom is 0.446 e. The second-order valence-electron chi connectivity index (χ2n) is 5.82. The Hall–Kier alpha value is -3.28. The molecule has 12 heteroatoms. The molecule has 0 spiro atoms. The van der Waals surface area contributed by atoms with Crippen LogP contribution < -0.4 is 0 Å². The van der Waals surface area contributed by atoms with Gasteiger partial charge < -0.3 is 20.4 Å². The molecule has 1 aromatic carbocycles. The first-order valence-corrected chi connectivity index (χ1v) is 8.35. The van der Waals surface area contributed by atoms with Gasteiger partial charge in [-0.05, 0) is 41.1 Å². The molecule has 1 unspecified atom stereocenters. The summed E-state index contributed by atoms with van der Waals surface area (Å²) >= 11 is -0.673. The molecule has 0 radical (unpaired) electrons. The van der Waals surface area contributed by atoms with Gasteiger partial charge in [-0.15, -0.1) is 0 Å². The lowest BCUT2D eigenvalue weighted by Crippen LogP contribution is -2.47. The number of halogens is 3. The lowest BCUT2D eigenvalue weighted by molar-refractivity contribution is -0.169. The predicted molar refractivity (Wildman–Crippen MR) is 91.3 cm³/mol. The number of hydrogen-bond donors (Lipinski definition) is 4. The molecule has 0 aromatic heterocycles. The van der Waals surface area contributed by atoms with Gasteiger partial charge >= 0.3 is 29.4 Å². The van der Waals surface area contributed by atoms with E-state index >= 15 is 0 Å². The molecule has 1 aromatic rings. The average Bonchev–Trinajstić information content (AvgIpc) is 2.59. The summed E-state index contributed by atoms with van der Waals surface area (Å²) in [5.41, 5.74) is -8.89. The number of benzene rings is 1.